The molecule has 0 fully saturated rings. The van der Waals surface area contributed by atoms with Crippen molar-refractivity contribution in [1.82, 2.24) is 0 Å². The molecule has 0 aromatic rings. The van der Waals surface area contributed by atoms with Gasteiger partial charge in [0.05, 0.1) is 12.7 Å². The maximum absolute atomic E-state index is 10.3. The van der Waals surface area contributed by atoms with Crippen molar-refractivity contribution in [2.24, 2.45) is 0 Å². The summed E-state index contributed by atoms with van der Waals surface area (Å²) in [6.45, 7) is -0.491. The number of unbranched alkanes of at least 4 members (excludes halogenated alkanes) is 7. The molecule has 214 valence electrons. The Morgan fingerprint density at radius 3 is 1.34 bits per heavy atom. The first-order valence-corrected chi connectivity index (χ1v) is 11.7. The summed E-state index contributed by atoms with van der Waals surface area (Å²) in [5.74, 6) is -5.65. The number of hydrogen-bond donors (Lipinski definition) is 9. The standard InChI is InChI=1S/C16H34O7.C6H8O7.2Na/c17-10-8-6-4-2-1-3-5-7-9-12(19)14(21)16(23)15(22)13(20)11-18;7-3(8)1-6(13,5(11)12)2-4(9)10;;/h12-23H,1-11H2;13H,1-2H2,(H,7,8)(H,9,10)(H,11,12);;/q;;2*+1/p-2/t12?,13-,14+,15-,16-;;;/m1.../s1. The van der Waals surface area contributed by atoms with Gasteiger partial charge in [-0.15, -0.1) is 0 Å². The van der Waals surface area contributed by atoms with Crippen LogP contribution in [-0.2, 0) is 14.4 Å². The molecule has 0 amide bonds. The maximum atomic E-state index is 10.3. The van der Waals surface area contributed by atoms with E-state index in [1.54, 1.807) is 0 Å². The van der Waals surface area contributed by atoms with Crippen LogP contribution in [0.3, 0.4) is 0 Å². The summed E-state index contributed by atoms with van der Waals surface area (Å²) in [5.41, 5.74) is -2.86. The van der Waals surface area contributed by atoms with Gasteiger partial charge in [0, 0.05) is 31.4 Å². The van der Waals surface area contributed by atoms with Crippen molar-refractivity contribution < 1.29 is 130 Å². The number of aliphatic hydroxyl groups is 8. The molecular formula is C22H40Na2O14. The van der Waals surface area contributed by atoms with Crippen molar-refractivity contribution in [2.45, 2.75) is 107 Å². The Hall–Kier alpha value is 0.0900. The van der Waals surface area contributed by atoms with Crippen molar-refractivity contribution in [1.29, 1.82) is 0 Å². The molecule has 0 aromatic heterocycles. The molecule has 14 nitrogen and oxygen atoms in total. The molecule has 0 radical (unpaired) electrons. The fourth-order valence-electron chi connectivity index (χ4n) is 3.15. The first-order chi connectivity index (χ1) is 16.7. The van der Waals surface area contributed by atoms with Crippen LogP contribution in [0.25, 0.3) is 0 Å². The van der Waals surface area contributed by atoms with Crippen LogP contribution >= 0.6 is 0 Å². The second kappa shape index (κ2) is 26.0. The minimum absolute atomic E-state index is 0. The number of hydrogen-bond acceptors (Lipinski definition) is 13. The molecule has 0 heterocycles. The maximum Gasteiger partial charge on any atom is 1.00 e. The van der Waals surface area contributed by atoms with Crippen LogP contribution in [0.15, 0.2) is 0 Å². The third-order valence-electron chi connectivity index (χ3n) is 5.35. The fourth-order valence-corrected chi connectivity index (χ4v) is 3.15. The minimum atomic E-state index is -2.86. The van der Waals surface area contributed by atoms with Crippen LogP contribution in [0.1, 0.15) is 70.6 Å². The van der Waals surface area contributed by atoms with Crippen LogP contribution in [-0.4, -0.2) is 113 Å². The number of aliphatic carboxylic acids is 3. The topological polar surface area (TPSA) is 279 Å². The summed E-state index contributed by atoms with van der Waals surface area (Å²) in [6.07, 6.45) is -2.18. The normalized spacial score (nSPS) is 14.8. The third-order valence-corrected chi connectivity index (χ3v) is 5.35. The minimum Gasteiger partial charge on any atom is -0.550 e. The van der Waals surface area contributed by atoms with Gasteiger partial charge in [-0.3, -0.25) is 0 Å². The van der Waals surface area contributed by atoms with Crippen LogP contribution in [0.2, 0.25) is 0 Å². The number of aliphatic hydroxyl groups excluding tert-OH is 7. The molecular weight excluding hydrogens is 534 g/mol. The molecule has 0 aliphatic carbocycles. The second-order valence-electron chi connectivity index (χ2n) is 8.56. The SMILES string of the molecule is O=C([O-])CC(O)(CC(=O)[O-])C(=O)O.OCCCCCCCCCCC(O)[C@H](O)[C@@H](O)[C@H](O)[C@H](O)CO.[Na+].[Na+]. The molecule has 0 rings (SSSR count). The van der Waals surface area contributed by atoms with E-state index >= 15 is 0 Å². The Balaban J connectivity index is -0.000000331. The molecule has 9 N–H and O–H groups in total. The Labute approximate surface area is 265 Å². The molecule has 16 heteroatoms. The van der Waals surface area contributed by atoms with Gasteiger partial charge in [0.2, 0.25) is 0 Å². The molecule has 1 unspecified atom stereocenters. The van der Waals surface area contributed by atoms with E-state index in [0.29, 0.717) is 12.8 Å². The van der Waals surface area contributed by atoms with Crippen LogP contribution in [0, 0.1) is 0 Å². The number of carboxylic acid groups (broad SMARTS) is 3. The smallest absolute Gasteiger partial charge is 0.550 e. The van der Waals surface area contributed by atoms with E-state index in [4.69, 9.17) is 20.4 Å². The van der Waals surface area contributed by atoms with Gasteiger partial charge in [-0.1, -0.05) is 44.9 Å². The van der Waals surface area contributed by atoms with E-state index in [1.165, 1.54) is 0 Å². The van der Waals surface area contributed by atoms with E-state index in [1.807, 2.05) is 0 Å². The average molecular weight is 575 g/mol. The second-order valence-corrected chi connectivity index (χ2v) is 8.56. The van der Waals surface area contributed by atoms with Crippen molar-refractivity contribution >= 4 is 17.9 Å². The Kier molecular flexibility index (Phi) is 30.9. The first-order valence-electron chi connectivity index (χ1n) is 11.7. The molecule has 5 atom stereocenters. The predicted octanol–water partition coefficient (Wildman–Crippen LogP) is -10.6. The molecule has 0 aliphatic rings. The van der Waals surface area contributed by atoms with E-state index in [2.05, 4.69) is 0 Å². The van der Waals surface area contributed by atoms with Gasteiger partial charge in [-0.25, -0.2) is 4.79 Å². The van der Waals surface area contributed by atoms with E-state index < -0.39 is 73.5 Å². The van der Waals surface area contributed by atoms with Gasteiger partial charge in [-0.05, 0) is 12.8 Å². The zero-order valence-corrected chi connectivity index (χ0v) is 26.1. The van der Waals surface area contributed by atoms with Gasteiger partial charge in [0.25, 0.3) is 0 Å². The van der Waals surface area contributed by atoms with Gasteiger partial charge >= 0.3 is 65.1 Å². The van der Waals surface area contributed by atoms with E-state index in [9.17, 15) is 50.1 Å². The zero-order chi connectivity index (χ0) is 28.3. The number of carbonyl (C=O) groups is 3. The van der Waals surface area contributed by atoms with Crippen LogP contribution < -0.4 is 69.3 Å². The Morgan fingerprint density at radius 2 is 1.00 bits per heavy atom. The summed E-state index contributed by atoms with van der Waals surface area (Å²) in [7, 11) is 0. The van der Waals surface area contributed by atoms with Crippen molar-refractivity contribution in [3.05, 3.63) is 0 Å². The zero-order valence-electron chi connectivity index (χ0n) is 22.1. The van der Waals surface area contributed by atoms with Gasteiger partial charge < -0.3 is 65.8 Å². The Bertz CT molecular complexity index is 609. The molecule has 0 spiro atoms. The van der Waals surface area contributed by atoms with Gasteiger partial charge in [-0.2, -0.15) is 0 Å². The van der Waals surface area contributed by atoms with E-state index in [0.717, 1.165) is 44.9 Å². The first kappa shape index (κ1) is 45.1. The van der Waals surface area contributed by atoms with Crippen molar-refractivity contribution in [2.75, 3.05) is 13.2 Å². The molecule has 38 heavy (non-hydrogen) atoms. The average Bonchev–Trinajstić information content (AvgIpc) is 2.80. The summed E-state index contributed by atoms with van der Waals surface area (Å²) in [4.78, 5) is 30.2. The van der Waals surface area contributed by atoms with E-state index in [-0.39, 0.29) is 65.7 Å². The number of carbonyl (C=O) groups excluding carboxylic acids is 2. The molecule has 0 aliphatic heterocycles. The van der Waals surface area contributed by atoms with Crippen molar-refractivity contribution in [3.8, 4) is 0 Å². The van der Waals surface area contributed by atoms with Crippen LogP contribution in [0.4, 0.5) is 0 Å². The number of carboxylic acids is 3. The molecule has 0 saturated heterocycles. The quantitative estimate of drug-likeness (QED) is 0.0482. The monoisotopic (exact) mass is 574 g/mol. The molecule has 0 saturated carbocycles. The summed E-state index contributed by atoms with van der Waals surface area (Å²) < 4.78 is 0. The largest absolute Gasteiger partial charge is 1.00 e. The predicted molar refractivity (Wildman–Crippen MR) is 118 cm³/mol. The number of rotatable bonds is 20. The fraction of sp³-hybridized carbons (Fsp3) is 0.864. The third kappa shape index (κ3) is 21.9. The summed E-state index contributed by atoms with van der Waals surface area (Å²) in [5, 5.41) is 102. The molecule has 0 bridgehead atoms. The van der Waals surface area contributed by atoms with Gasteiger partial charge in [0.15, 0.2) is 5.60 Å². The Morgan fingerprint density at radius 1 is 0.632 bits per heavy atom. The van der Waals surface area contributed by atoms with Crippen LogP contribution in [0.5, 0.6) is 0 Å². The summed E-state index contributed by atoms with van der Waals surface area (Å²) in [6, 6.07) is 0. The van der Waals surface area contributed by atoms with Crippen molar-refractivity contribution in [3.63, 3.8) is 0 Å². The van der Waals surface area contributed by atoms with Gasteiger partial charge in [0.1, 0.15) is 24.4 Å². The molecule has 0 aromatic carbocycles. The summed E-state index contributed by atoms with van der Waals surface area (Å²) >= 11 is 0.